The van der Waals surface area contributed by atoms with Gasteiger partial charge >= 0.3 is 11.4 Å². The Labute approximate surface area is 103 Å². The molecule has 4 rings (SSSR count). The molecule has 0 N–H and O–H groups in total. The van der Waals surface area contributed by atoms with Crippen molar-refractivity contribution in [3.8, 4) is 5.69 Å². The molecule has 2 bridgehead atoms. The van der Waals surface area contributed by atoms with Gasteiger partial charge in [0, 0.05) is 0 Å². The van der Waals surface area contributed by atoms with Crippen LogP contribution in [0.5, 0.6) is 0 Å². The lowest BCUT2D eigenvalue weighted by molar-refractivity contribution is 0.374. The Morgan fingerprint density at radius 2 is 1.44 bits per heavy atom. The Morgan fingerprint density at radius 3 is 2.00 bits per heavy atom. The van der Waals surface area contributed by atoms with E-state index in [2.05, 4.69) is 0 Å². The highest BCUT2D eigenvalue weighted by molar-refractivity contribution is 5.30. The Morgan fingerprint density at radius 1 is 0.889 bits per heavy atom. The van der Waals surface area contributed by atoms with Crippen molar-refractivity contribution in [2.75, 3.05) is 0 Å². The van der Waals surface area contributed by atoms with Crippen molar-refractivity contribution in [1.82, 2.24) is 13.9 Å². The minimum atomic E-state index is -0.196. The highest BCUT2D eigenvalue weighted by Crippen LogP contribution is 2.41. The summed E-state index contributed by atoms with van der Waals surface area (Å²) < 4.78 is 4.59. The van der Waals surface area contributed by atoms with Gasteiger partial charge in [-0.3, -0.25) is 0 Å². The molecule has 2 unspecified atom stereocenters. The zero-order chi connectivity index (χ0) is 12.3. The van der Waals surface area contributed by atoms with Crippen molar-refractivity contribution >= 4 is 0 Å². The topological polar surface area (TPSA) is 48.9 Å². The number of aromatic nitrogens is 3. The predicted molar refractivity (Wildman–Crippen MR) is 66.2 cm³/mol. The van der Waals surface area contributed by atoms with Crippen LogP contribution < -0.4 is 11.4 Å². The first-order valence-electron chi connectivity index (χ1n) is 6.29. The van der Waals surface area contributed by atoms with Gasteiger partial charge in [-0.25, -0.2) is 23.5 Å². The first-order valence-corrected chi connectivity index (χ1v) is 6.29. The van der Waals surface area contributed by atoms with E-state index in [-0.39, 0.29) is 23.5 Å². The van der Waals surface area contributed by atoms with Crippen molar-refractivity contribution < 1.29 is 0 Å². The molecule has 1 fully saturated rings. The molecule has 0 saturated heterocycles. The van der Waals surface area contributed by atoms with E-state index in [0.717, 1.165) is 19.3 Å². The molecule has 2 atom stereocenters. The molecular weight excluding hydrogens is 230 g/mol. The van der Waals surface area contributed by atoms with E-state index in [1.54, 1.807) is 21.5 Å². The summed E-state index contributed by atoms with van der Waals surface area (Å²) in [6, 6.07) is 9.58. The van der Waals surface area contributed by atoms with Gasteiger partial charge in [-0.05, 0) is 31.4 Å². The number of hydrogen-bond acceptors (Lipinski definition) is 2. The van der Waals surface area contributed by atoms with Gasteiger partial charge in [0.2, 0.25) is 0 Å². The van der Waals surface area contributed by atoms with Gasteiger partial charge in [-0.2, -0.15) is 0 Å². The Kier molecular flexibility index (Phi) is 1.79. The Bertz CT molecular complexity index is 681. The van der Waals surface area contributed by atoms with Gasteiger partial charge in [-0.1, -0.05) is 18.2 Å². The molecule has 2 heterocycles. The lowest BCUT2D eigenvalue weighted by Gasteiger charge is -2.13. The van der Waals surface area contributed by atoms with E-state index in [1.807, 2.05) is 18.2 Å². The minimum Gasteiger partial charge on any atom is -0.245 e. The highest BCUT2D eigenvalue weighted by Gasteiger charge is 2.40. The van der Waals surface area contributed by atoms with E-state index in [1.165, 1.54) is 4.57 Å². The van der Waals surface area contributed by atoms with Crippen molar-refractivity contribution in [2.45, 2.75) is 31.3 Å². The summed E-state index contributed by atoms with van der Waals surface area (Å²) in [7, 11) is 0. The van der Waals surface area contributed by atoms with Crippen LogP contribution in [0, 0.1) is 0 Å². The van der Waals surface area contributed by atoms with Crippen LogP contribution in [-0.4, -0.2) is 13.9 Å². The molecule has 0 spiro atoms. The molecule has 5 nitrogen and oxygen atoms in total. The number of para-hydroxylation sites is 1. The highest BCUT2D eigenvalue weighted by atomic mass is 16.2. The predicted octanol–water partition coefficient (Wildman–Crippen LogP) is 1.08. The molecular formula is C13H13N3O2. The van der Waals surface area contributed by atoms with E-state index >= 15 is 0 Å². The Balaban J connectivity index is 2.04. The van der Waals surface area contributed by atoms with Crippen molar-refractivity contribution in [3.63, 3.8) is 0 Å². The van der Waals surface area contributed by atoms with Crippen LogP contribution in [-0.2, 0) is 0 Å². The third-order valence-electron chi connectivity index (χ3n) is 4.09. The summed E-state index contributed by atoms with van der Waals surface area (Å²) in [5.41, 5.74) is 0.262. The number of benzene rings is 1. The van der Waals surface area contributed by atoms with Gasteiger partial charge in [0.1, 0.15) is 0 Å². The van der Waals surface area contributed by atoms with Crippen LogP contribution in [0.2, 0.25) is 0 Å². The average molecular weight is 243 g/mol. The molecule has 0 amide bonds. The van der Waals surface area contributed by atoms with Gasteiger partial charge in [0.15, 0.2) is 0 Å². The molecule has 18 heavy (non-hydrogen) atoms. The maximum absolute atomic E-state index is 12.4. The molecule has 0 radical (unpaired) electrons. The van der Waals surface area contributed by atoms with Gasteiger partial charge in [0.25, 0.3) is 0 Å². The summed E-state index contributed by atoms with van der Waals surface area (Å²) >= 11 is 0. The summed E-state index contributed by atoms with van der Waals surface area (Å²) in [4.78, 5) is 24.8. The second-order valence-corrected chi connectivity index (χ2v) is 5.05. The average Bonchev–Trinajstić information content (AvgIpc) is 3.05. The maximum atomic E-state index is 12.4. The fourth-order valence-corrected chi connectivity index (χ4v) is 3.31. The van der Waals surface area contributed by atoms with Gasteiger partial charge in [-0.15, -0.1) is 0 Å². The molecule has 2 aromatic rings. The molecule has 2 aliphatic rings. The first kappa shape index (κ1) is 9.94. The van der Waals surface area contributed by atoms with Crippen LogP contribution in [0.1, 0.15) is 31.3 Å². The molecule has 1 aliphatic heterocycles. The SMILES string of the molecule is O=c1n(-c2ccccc2)c(=O)n2n1C1CCC2C1. The zero-order valence-corrected chi connectivity index (χ0v) is 9.82. The third kappa shape index (κ3) is 1.06. The van der Waals surface area contributed by atoms with Crippen LogP contribution in [0.15, 0.2) is 39.9 Å². The summed E-state index contributed by atoms with van der Waals surface area (Å²) in [5.74, 6) is 0. The fraction of sp³-hybridized carbons (Fsp3) is 0.385. The largest absolute Gasteiger partial charge is 0.352 e. The van der Waals surface area contributed by atoms with Crippen LogP contribution in [0.3, 0.4) is 0 Å². The van der Waals surface area contributed by atoms with E-state index in [4.69, 9.17) is 0 Å². The van der Waals surface area contributed by atoms with E-state index in [0.29, 0.717) is 5.69 Å². The van der Waals surface area contributed by atoms with Crippen molar-refractivity contribution in [1.29, 1.82) is 0 Å². The van der Waals surface area contributed by atoms with Crippen LogP contribution in [0.25, 0.3) is 5.69 Å². The van der Waals surface area contributed by atoms with Crippen LogP contribution >= 0.6 is 0 Å². The fourth-order valence-electron chi connectivity index (χ4n) is 3.31. The standard InChI is InChI=1S/C13H13N3O2/c17-12-14(9-4-2-1-3-5-9)13(18)16-11-7-6-10(8-11)15(12)16/h1-5,10-11H,6-8H2. The lowest BCUT2D eigenvalue weighted by Crippen LogP contribution is -2.28. The third-order valence-corrected chi connectivity index (χ3v) is 4.09. The smallest absolute Gasteiger partial charge is 0.245 e. The second-order valence-electron chi connectivity index (χ2n) is 5.05. The lowest BCUT2D eigenvalue weighted by atomic mass is 10.3. The molecule has 1 aromatic carbocycles. The van der Waals surface area contributed by atoms with Crippen molar-refractivity contribution in [3.05, 3.63) is 51.3 Å². The molecule has 1 aromatic heterocycles. The minimum absolute atomic E-state index is 0.196. The summed E-state index contributed by atoms with van der Waals surface area (Å²) in [5, 5.41) is 0. The zero-order valence-electron chi connectivity index (χ0n) is 9.82. The normalized spacial score (nSPS) is 24.4. The van der Waals surface area contributed by atoms with Gasteiger partial charge < -0.3 is 0 Å². The summed E-state index contributed by atoms with van der Waals surface area (Å²) in [6.07, 6.45) is 2.98. The first-order chi connectivity index (χ1) is 8.77. The molecule has 5 heteroatoms. The monoisotopic (exact) mass is 243 g/mol. The van der Waals surface area contributed by atoms with Crippen molar-refractivity contribution in [2.24, 2.45) is 0 Å². The molecule has 1 saturated carbocycles. The number of fused-ring (bicyclic) bond motifs is 5. The Hall–Kier alpha value is -2.04. The second kappa shape index (κ2) is 3.25. The number of hydrogen-bond donors (Lipinski definition) is 0. The van der Waals surface area contributed by atoms with Crippen LogP contribution in [0.4, 0.5) is 0 Å². The number of rotatable bonds is 1. The molecule has 1 aliphatic carbocycles. The quantitative estimate of drug-likeness (QED) is 0.752. The maximum Gasteiger partial charge on any atom is 0.352 e. The molecule has 92 valence electrons. The number of nitrogens with zero attached hydrogens (tertiary/aromatic N) is 3. The summed E-state index contributed by atoms with van der Waals surface area (Å²) in [6.45, 7) is 0. The van der Waals surface area contributed by atoms with E-state index < -0.39 is 0 Å². The van der Waals surface area contributed by atoms with E-state index in [9.17, 15) is 9.59 Å². The van der Waals surface area contributed by atoms with Gasteiger partial charge in [0.05, 0.1) is 17.8 Å².